The number of carbonyl (C=O) groups excluding carboxylic acids is 2. The first-order valence-electron chi connectivity index (χ1n) is 6.48. The Morgan fingerprint density at radius 3 is 2.24 bits per heavy atom. The third-order valence-corrected chi connectivity index (χ3v) is 2.98. The fourth-order valence-corrected chi connectivity index (χ4v) is 1.83. The first kappa shape index (κ1) is 14.7. The maximum atomic E-state index is 12.8. The lowest BCUT2D eigenvalue weighted by atomic mass is 10.1. The predicted octanol–water partition coefficient (Wildman–Crippen LogP) is 3.03. The largest absolute Gasteiger partial charge is 0.331 e. The lowest BCUT2D eigenvalue weighted by Gasteiger charge is -2.14. The number of benzene rings is 2. The second-order valence-corrected chi connectivity index (χ2v) is 4.57. The van der Waals surface area contributed by atoms with Gasteiger partial charge in [-0.3, -0.25) is 10.1 Å². The average molecular weight is 286 g/mol. The number of rotatable bonds is 3. The summed E-state index contributed by atoms with van der Waals surface area (Å²) in [5, 5.41) is 4.87. The molecule has 3 amide bonds. The fourth-order valence-electron chi connectivity index (χ4n) is 1.83. The molecule has 5 heteroatoms. The molecular weight excluding hydrogens is 271 g/mol. The molecule has 2 aromatic rings. The first-order valence-corrected chi connectivity index (χ1v) is 6.48. The molecule has 1 atom stereocenters. The van der Waals surface area contributed by atoms with E-state index in [1.165, 1.54) is 24.3 Å². The molecule has 0 aromatic heterocycles. The third kappa shape index (κ3) is 4.14. The quantitative estimate of drug-likeness (QED) is 0.911. The molecule has 108 valence electrons. The molecule has 0 aliphatic carbocycles. The fraction of sp³-hybridized carbons (Fsp3) is 0.125. The van der Waals surface area contributed by atoms with Crippen molar-refractivity contribution < 1.29 is 14.0 Å². The number of urea groups is 1. The van der Waals surface area contributed by atoms with Gasteiger partial charge in [-0.15, -0.1) is 0 Å². The highest BCUT2D eigenvalue weighted by Crippen LogP contribution is 2.10. The summed E-state index contributed by atoms with van der Waals surface area (Å²) in [4.78, 5) is 23.6. The molecule has 0 aliphatic rings. The minimum absolute atomic E-state index is 0.221. The number of imide groups is 1. The van der Waals surface area contributed by atoms with Gasteiger partial charge in [0, 0.05) is 5.56 Å². The highest BCUT2D eigenvalue weighted by Gasteiger charge is 2.13. The molecule has 0 aliphatic heterocycles. The average Bonchev–Trinajstić information content (AvgIpc) is 2.48. The Labute approximate surface area is 122 Å². The zero-order chi connectivity index (χ0) is 15.2. The summed E-state index contributed by atoms with van der Waals surface area (Å²) >= 11 is 0. The smallest absolute Gasteiger partial charge is 0.322 e. The Bertz CT molecular complexity index is 626. The van der Waals surface area contributed by atoms with Crippen molar-refractivity contribution in [2.75, 3.05) is 0 Å². The molecule has 2 aromatic carbocycles. The van der Waals surface area contributed by atoms with Crippen molar-refractivity contribution in [3.8, 4) is 0 Å². The summed E-state index contributed by atoms with van der Waals surface area (Å²) in [5.74, 6) is -1.01. The van der Waals surface area contributed by atoms with Gasteiger partial charge in [0.05, 0.1) is 6.04 Å². The second kappa shape index (κ2) is 6.65. The molecule has 0 radical (unpaired) electrons. The molecule has 4 nitrogen and oxygen atoms in total. The number of hydrogen-bond donors (Lipinski definition) is 2. The number of carbonyl (C=O) groups is 2. The standard InChI is InChI=1S/C16H15FN2O2/c1-11(12-5-3-2-4-6-12)18-16(21)19-15(20)13-7-9-14(17)10-8-13/h2-11H,1H3,(H2,18,19,20,21)/t11-/m1/s1. The van der Waals surface area contributed by atoms with Crippen molar-refractivity contribution in [1.29, 1.82) is 0 Å². The van der Waals surface area contributed by atoms with E-state index in [0.717, 1.165) is 5.56 Å². The topological polar surface area (TPSA) is 58.2 Å². The summed E-state index contributed by atoms with van der Waals surface area (Å²) in [6.45, 7) is 1.82. The molecule has 0 bridgehead atoms. The summed E-state index contributed by atoms with van der Waals surface area (Å²) in [7, 11) is 0. The van der Waals surface area contributed by atoms with Crippen LogP contribution in [-0.4, -0.2) is 11.9 Å². The van der Waals surface area contributed by atoms with Crippen LogP contribution in [0.1, 0.15) is 28.9 Å². The molecule has 0 saturated heterocycles. The van der Waals surface area contributed by atoms with Gasteiger partial charge in [-0.1, -0.05) is 30.3 Å². The van der Waals surface area contributed by atoms with Crippen LogP contribution in [0.2, 0.25) is 0 Å². The lowest BCUT2D eigenvalue weighted by molar-refractivity contribution is 0.0963. The molecule has 0 spiro atoms. The summed E-state index contributed by atoms with van der Waals surface area (Å²) < 4.78 is 12.8. The van der Waals surface area contributed by atoms with Crippen LogP contribution in [0.5, 0.6) is 0 Å². The van der Waals surface area contributed by atoms with E-state index < -0.39 is 17.8 Å². The minimum atomic E-state index is -0.597. The van der Waals surface area contributed by atoms with E-state index in [4.69, 9.17) is 0 Å². The lowest BCUT2D eigenvalue weighted by Crippen LogP contribution is -2.40. The van der Waals surface area contributed by atoms with Gasteiger partial charge in [0.15, 0.2) is 0 Å². The number of amides is 3. The van der Waals surface area contributed by atoms with Crippen LogP contribution in [0.3, 0.4) is 0 Å². The van der Waals surface area contributed by atoms with Crippen LogP contribution in [0, 0.1) is 5.82 Å². The van der Waals surface area contributed by atoms with Gasteiger partial charge >= 0.3 is 6.03 Å². The SMILES string of the molecule is C[C@@H](NC(=O)NC(=O)c1ccc(F)cc1)c1ccccc1. The number of hydrogen-bond acceptors (Lipinski definition) is 2. The Morgan fingerprint density at radius 1 is 1.00 bits per heavy atom. The van der Waals surface area contributed by atoms with E-state index in [2.05, 4.69) is 10.6 Å². The second-order valence-electron chi connectivity index (χ2n) is 4.57. The van der Waals surface area contributed by atoms with Gasteiger partial charge in [0.25, 0.3) is 5.91 Å². The van der Waals surface area contributed by atoms with Gasteiger partial charge in [-0.2, -0.15) is 0 Å². The summed E-state index contributed by atoms with van der Waals surface area (Å²) in [6, 6.07) is 13.5. The normalized spacial score (nSPS) is 11.5. The molecule has 2 N–H and O–H groups in total. The van der Waals surface area contributed by atoms with Crippen LogP contribution in [0.25, 0.3) is 0 Å². The van der Waals surface area contributed by atoms with Crippen LogP contribution in [0.4, 0.5) is 9.18 Å². The summed E-state index contributed by atoms with van der Waals surface area (Å²) in [5.41, 5.74) is 1.15. The van der Waals surface area contributed by atoms with Crippen molar-refractivity contribution in [1.82, 2.24) is 10.6 Å². The van der Waals surface area contributed by atoms with Crippen molar-refractivity contribution in [3.05, 3.63) is 71.5 Å². The summed E-state index contributed by atoms with van der Waals surface area (Å²) in [6.07, 6.45) is 0. The predicted molar refractivity (Wildman–Crippen MR) is 77.3 cm³/mol. The van der Waals surface area contributed by atoms with Crippen LogP contribution in [0.15, 0.2) is 54.6 Å². The van der Waals surface area contributed by atoms with Crippen molar-refractivity contribution >= 4 is 11.9 Å². The highest BCUT2D eigenvalue weighted by atomic mass is 19.1. The molecule has 0 heterocycles. The van der Waals surface area contributed by atoms with Gasteiger partial charge in [0.1, 0.15) is 5.82 Å². The highest BCUT2D eigenvalue weighted by molar-refractivity contribution is 6.04. The monoisotopic (exact) mass is 286 g/mol. The van der Waals surface area contributed by atoms with Crippen LogP contribution in [-0.2, 0) is 0 Å². The van der Waals surface area contributed by atoms with Gasteiger partial charge in [0.2, 0.25) is 0 Å². The third-order valence-electron chi connectivity index (χ3n) is 2.98. The van der Waals surface area contributed by atoms with E-state index in [9.17, 15) is 14.0 Å². The molecular formula is C16H15FN2O2. The molecule has 0 saturated carbocycles. The maximum absolute atomic E-state index is 12.8. The van der Waals surface area contributed by atoms with E-state index in [1.54, 1.807) is 0 Å². The van der Waals surface area contributed by atoms with E-state index in [-0.39, 0.29) is 11.6 Å². The molecule has 0 fully saturated rings. The number of nitrogens with one attached hydrogen (secondary N) is 2. The Morgan fingerprint density at radius 2 is 1.62 bits per heavy atom. The zero-order valence-electron chi connectivity index (χ0n) is 11.5. The molecule has 2 rings (SSSR count). The molecule has 21 heavy (non-hydrogen) atoms. The minimum Gasteiger partial charge on any atom is -0.331 e. The van der Waals surface area contributed by atoms with E-state index >= 15 is 0 Å². The van der Waals surface area contributed by atoms with E-state index in [1.807, 2.05) is 37.3 Å². The van der Waals surface area contributed by atoms with Crippen molar-refractivity contribution in [2.45, 2.75) is 13.0 Å². The Balaban J connectivity index is 1.92. The van der Waals surface area contributed by atoms with Gasteiger partial charge in [-0.05, 0) is 36.8 Å². The van der Waals surface area contributed by atoms with Crippen LogP contribution < -0.4 is 10.6 Å². The van der Waals surface area contributed by atoms with Gasteiger partial charge in [-0.25, -0.2) is 9.18 Å². The molecule has 0 unspecified atom stereocenters. The number of halogens is 1. The Kier molecular flexibility index (Phi) is 4.66. The zero-order valence-corrected chi connectivity index (χ0v) is 11.5. The first-order chi connectivity index (χ1) is 10.1. The van der Waals surface area contributed by atoms with Crippen LogP contribution >= 0.6 is 0 Å². The van der Waals surface area contributed by atoms with Crippen molar-refractivity contribution in [3.63, 3.8) is 0 Å². The van der Waals surface area contributed by atoms with Crippen molar-refractivity contribution in [2.24, 2.45) is 0 Å². The van der Waals surface area contributed by atoms with E-state index in [0.29, 0.717) is 0 Å². The van der Waals surface area contributed by atoms with Gasteiger partial charge < -0.3 is 5.32 Å². The Hall–Kier alpha value is -2.69. The maximum Gasteiger partial charge on any atom is 0.322 e.